The maximum atomic E-state index is 13.8. The van der Waals surface area contributed by atoms with Gasteiger partial charge in [-0.15, -0.1) is 0 Å². The number of aliphatic hydroxyl groups is 1. The summed E-state index contributed by atoms with van der Waals surface area (Å²) < 4.78 is 13.8. The maximum absolute atomic E-state index is 13.8. The Balaban J connectivity index is 1.91. The van der Waals surface area contributed by atoms with Crippen molar-refractivity contribution >= 4 is 11.6 Å². The first kappa shape index (κ1) is 11.7. The van der Waals surface area contributed by atoms with Gasteiger partial charge in [0.15, 0.2) is 0 Å². The van der Waals surface area contributed by atoms with Crippen LogP contribution in [-0.4, -0.2) is 5.11 Å². The fraction of sp³-hybridized carbons (Fsp3) is 0.200. The van der Waals surface area contributed by atoms with Gasteiger partial charge in [0.05, 0.1) is 6.10 Å². The second-order valence-electron chi connectivity index (χ2n) is 4.62. The van der Waals surface area contributed by atoms with Crippen LogP contribution in [0.25, 0.3) is 0 Å². The summed E-state index contributed by atoms with van der Waals surface area (Å²) >= 11 is 5.71. The van der Waals surface area contributed by atoms with Crippen LogP contribution in [0.5, 0.6) is 0 Å². The van der Waals surface area contributed by atoms with Gasteiger partial charge in [0, 0.05) is 16.5 Å². The Labute approximate surface area is 110 Å². The van der Waals surface area contributed by atoms with E-state index in [9.17, 15) is 9.50 Å². The third-order valence-corrected chi connectivity index (χ3v) is 3.79. The molecule has 3 rings (SSSR count). The van der Waals surface area contributed by atoms with Crippen molar-refractivity contribution in [1.82, 2.24) is 0 Å². The van der Waals surface area contributed by atoms with Crippen LogP contribution >= 0.6 is 11.6 Å². The number of hydrogen-bond acceptors (Lipinski definition) is 1. The van der Waals surface area contributed by atoms with E-state index in [0.717, 1.165) is 12.0 Å². The molecule has 0 radical (unpaired) electrons. The molecule has 0 aromatic heterocycles. The average molecular weight is 263 g/mol. The Morgan fingerprint density at radius 3 is 2.72 bits per heavy atom. The van der Waals surface area contributed by atoms with Crippen LogP contribution in [0.3, 0.4) is 0 Å². The maximum Gasteiger partial charge on any atom is 0.130 e. The quantitative estimate of drug-likeness (QED) is 0.872. The summed E-state index contributed by atoms with van der Waals surface area (Å²) in [6.07, 6.45) is -0.0171. The summed E-state index contributed by atoms with van der Waals surface area (Å²) in [6.45, 7) is 0. The fourth-order valence-corrected chi connectivity index (χ4v) is 2.70. The van der Waals surface area contributed by atoms with E-state index in [2.05, 4.69) is 0 Å². The third kappa shape index (κ3) is 1.82. The second kappa shape index (κ2) is 4.38. The summed E-state index contributed by atoms with van der Waals surface area (Å²) in [5, 5.41) is 10.6. The van der Waals surface area contributed by atoms with Crippen LogP contribution in [0.15, 0.2) is 42.5 Å². The van der Waals surface area contributed by atoms with E-state index >= 15 is 0 Å². The zero-order valence-corrected chi connectivity index (χ0v) is 10.4. The molecule has 1 aliphatic carbocycles. The lowest BCUT2D eigenvalue weighted by atomic mass is 9.73. The molecule has 0 heterocycles. The SMILES string of the molecule is OC(c1ccc(Cl)cc1F)C1Cc2ccccc21. The first-order valence-corrected chi connectivity index (χ1v) is 6.25. The van der Waals surface area contributed by atoms with Crippen LogP contribution in [0.1, 0.15) is 28.7 Å². The predicted octanol–water partition coefficient (Wildman–Crippen LogP) is 3.85. The van der Waals surface area contributed by atoms with Gasteiger partial charge in [-0.2, -0.15) is 0 Å². The minimum absolute atomic E-state index is 0.0168. The molecule has 0 saturated heterocycles. The molecule has 1 aliphatic rings. The molecule has 0 spiro atoms. The summed E-state index contributed by atoms with van der Waals surface area (Å²) in [5.74, 6) is -0.462. The molecule has 0 saturated carbocycles. The van der Waals surface area contributed by atoms with Gasteiger partial charge in [-0.3, -0.25) is 0 Å². The van der Waals surface area contributed by atoms with Crippen molar-refractivity contribution in [3.05, 3.63) is 70.0 Å². The number of benzene rings is 2. The normalized spacial score (nSPS) is 18.9. The summed E-state index contributed by atoms with van der Waals surface area (Å²) in [5.41, 5.74) is 2.66. The van der Waals surface area contributed by atoms with Gasteiger partial charge in [-0.05, 0) is 29.7 Å². The van der Waals surface area contributed by atoms with Crippen LogP contribution in [0.4, 0.5) is 4.39 Å². The molecular weight excluding hydrogens is 251 g/mol. The number of fused-ring (bicyclic) bond motifs is 1. The van der Waals surface area contributed by atoms with E-state index in [1.165, 1.54) is 11.6 Å². The summed E-state index contributed by atoms with van der Waals surface area (Å²) in [4.78, 5) is 0. The van der Waals surface area contributed by atoms with E-state index in [-0.39, 0.29) is 5.92 Å². The Hall–Kier alpha value is -1.38. The van der Waals surface area contributed by atoms with E-state index < -0.39 is 11.9 Å². The molecule has 18 heavy (non-hydrogen) atoms. The first-order valence-electron chi connectivity index (χ1n) is 5.87. The third-order valence-electron chi connectivity index (χ3n) is 3.56. The van der Waals surface area contributed by atoms with Crippen LogP contribution in [0, 0.1) is 5.82 Å². The number of aliphatic hydroxyl groups excluding tert-OH is 1. The molecule has 3 heteroatoms. The van der Waals surface area contributed by atoms with Crippen molar-refractivity contribution < 1.29 is 9.50 Å². The zero-order valence-electron chi connectivity index (χ0n) is 9.61. The van der Waals surface area contributed by atoms with Crippen molar-refractivity contribution in [2.75, 3.05) is 0 Å². The number of hydrogen-bond donors (Lipinski definition) is 1. The monoisotopic (exact) mass is 262 g/mol. The van der Waals surface area contributed by atoms with E-state index in [4.69, 9.17) is 11.6 Å². The highest BCUT2D eigenvalue weighted by molar-refractivity contribution is 6.30. The zero-order chi connectivity index (χ0) is 12.7. The molecule has 92 valence electrons. The van der Waals surface area contributed by atoms with Crippen LogP contribution < -0.4 is 0 Å². The van der Waals surface area contributed by atoms with Crippen molar-refractivity contribution in [2.24, 2.45) is 0 Å². The number of halogens is 2. The van der Waals surface area contributed by atoms with E-state index in [1.54, 1.807) is 12.1 Å². The molecular formula is C15H12ClFO. The summed E-state index contributed by atoms with van der Waals surface area (Å²) in [6, 6.07) is 12.3. The molecule has 1 nitrogen and oxygen atoms in total. The molecule has 2 unspecified atom stereocenters. The average Bonchev–Trinajstić information content (AvgIpc) is 2.30. The van der Waals surface area contributed by atoms with Gasteiger partial charge in [0.2, 0.25) is 0 Å². The smallest absolute Gasteiger partial charge is 0.130 e. The summed E-state index contributed by atoms with van der Waals surface area (Å²) in [7, 11) is 0. The Morgan fingerprint density at radius 2 is 2.00 bits per heavy atom. The fourth-order valence-electron chi connectivity index (χ4n) is 2.54. The lowest BCUT2D eigenvalue weighted by Gasteiger charge is -2.34. The Bertz CT molecular complexity index is 597. The van der Waals surface area contributed by atoms with Gasteiger partial charge >= 0.3 is 0 Å². The van der Waals surface area contributed by atoms with Gasteiger partial charge in [0.1, 0.15) is 5.82 Å². The minimum Gasteiger partial charge on any atom is -0.388 e. The van der Waals surface area contributed by atoms with Gasteiger partial charge in [0.25, 0.3) is 0 Å². The lowest BCUT2D eigenvalue weighted by Crippen LogP contribution is -2.24. The topological polar surface area (TPSA) is 20.2 Å². The van der Waals surface area contributed by atoms with Gasteiger partial charge in [-0.25, -0.2) is 4.39 Å². The van der Waals surface area contributed by atoms with Crippen molar-refractivity contribution in [3.8, 4) is 0 Å². The first-order chi connectivity index (χ1) is 8.66. The minimum atomic E-state index is -0.808. The molecule has 2 aromatic carbocycles. The second-order valence-corrected chi connectivity index (χ2v) is 5.06. The molecule has 2 atom stereocenters. The highest BCUT2D eigenvalue weighted by atomic mass is 35.5. The van der Waals surface area contributed by atoms with Crippen LogP contribution in [0.2, 0.25) is 5.02 Å². The molecule has 0 amide bonds. The Kier molecular flexibility index (Phi) is 2.84. The van der Waals surface area contributed by atoms with E-state index in [0.29, 0.717) is 10.6 Å². The molecule has 0 fully saturated rings. The van der Waals surface area contributed by atoms with Crippen molar-refractivity contribution in [2.45, 2.75) is 18.4 Å². The van der Waals surface area contributed by atoms with Gasteiger partial charge < -0.3 is 5.11 Å². The highest BCUT2D eigenvalue weighted by Crippen LogP contribution is 2.43. The van der Waals surface area contributed by atoms with E-state index in [1.807, 2.05) is 24.3 Å². The largest absolute Gasteiger partial charge is 0.388 e. The highest BCUT2D eigenvalue weighted by Gasteiger charge is 2.33. The van der Waals surface area contributed by atoms with Crippen molar-refractivity contribution in [1.29, 1.82) is 0 Å². The predicted molar refractivity (Wildman–Crippen MR) is 69.3 cm³/mol. The molecule has 2 aromatic rings. The Morgan fingerprint density at radius 1 is 1.22 bits per heavy atom. The molecule has 1 N–H and O–H groups in total. The number of rotatable bonds is 2. The van der Waals surface area contributed by atoms with Crippen molar-refractivity contribution in [3.63, 3.8) is 0 Å². The molecule has 0 bridgehead atoms. The standard InChI is InChI=1S/C15H12ClFO/c16-10-5-6-12(14(17)8-10)15(18)13-7-9-3-1-2-4-11(9)13/h1-6,8,13,15,18H,7H2. The molecule has 0 aliphatic heterocycles. The lowest BCUT2D eigenvalue weighted by molar-refractivity contribution is 0.130. The van der Waals surface area contributed by atoms with Crippen LogP contribution in [-0.2, 0) is 6.42 Å². The van der Waals surface area contributed by atoms with Gasteiger partial charge in [-0.1, -0.05) is 41.9 Å².